The smallest absolute Gasteiger partial charge is 0.116 e. The third-order valence-corrected chi connectivity index (χ3v) is 2.66. The van der Waals surface area contributed by atoms with Gasteiger partial charge in [-0.15, -0.1) is 11.8 Å². The Kier molecular flexibility index (Phi) is 4.18. The summed E-state index contributed by atoms with van der Waals surface area (Å²) in [4.78, 5) is 8.00. The highest BCUT2D eigenvalue weighted by Crippen LogP contribution is 2.22. The third kappa shape index (κ3) is 4.24. The number of nitrogens with zero attached hydrogens (tertiary/aromatic N) is 2. The Labute approximate surface area is 83.2 Å². The van der Waals surface area contributed by atoms with Crippen molar-refractivity contribution in [1.82, 2.24) is 9.97 Å². The van der Waals surface area contributed by atoms with Crippen molar-refractivity contribution >= 4 is 11.8 Å². The molecule has 0 bridgehead atoms. The third-order valence-electron chi connectivity index (χ3n) is 1.58. The second kappa shape index (κ2) is 5.19. The van der Waals surface area contributed by atoms with E-state index in [4.69, 9.17) is 5.73 Å². The molecule has 3 nitrogen and oxygen atoms in total. The van der Waals surface area contributed by atoms with E-state index in [1.165, 1.54) is 0 Å². The van der Waals surface area contributed by atoms with Crippen molar-refractivity contribution in [3.63, 3.8) is 0 Å². The first-order valence-corrected chi connectivity index (χ1v) is 5.24. The number of hydrogen-bond donors (Lipinski definition) is 1. The zero-order chi connectivity index (χ0) is 9.68. The van der Waals surface area contributed by atoms with Crippen LogP contribution in [0.25, 0.3) is 0 Å². The minimum absolute atomic E-state index is 0.254. The molecule has 0 saturated carbocycles. The summed E-state index contributed by atoms with van der Waals surface area (Å²) in [6.07, 6.45) is 4.34. The van der Waals surface area contributed by atoms with Gasteiger partial charge in [-0.3, -0.25) is 0 Å². The van der Waals surface area contributed by atoms with E-state index < -0.39 is 0 Å². The predicted molar refractivity (Wildman–Crippen MR) is 55.6 cm³/mol. The Balaban J connectivity index is 2.41. The van der Waals surface area contributed by atoms with Crippen LogP contribution < -0.4 is 5.73 Å². The Bertz CT molecular complexity index is 238. The second-order valence-corrected chi connectivity index (χ2v) is 4.65. The van der Waals surface area contributed by atoms with Crippen molar-refractivity contribution in [3.05, 3.63) is 18.6 Å². The van der Waals surface area contributed by atoms with Gasteiger partial charge in [-0.1, -0.05) is 6.92 Å². The molecule has 4 heteroatoms. The van der Waals surface area contributed by atoms with E-state index in [0.717, 1.165) is 11.4 Å². The monoisotopic (exact) mass is 197 g/mol. The molecule has 0 aromatic carbocycles. The minimum atomic E-state index is 0.254. The van der Waals surface area contributed by atoms with E-state index in [1.807, 2.05) is 13.0 Å². The molecule has 0 saturated heterocycles. The molecule has 13 heavy (non-hydrogen) atoms. The van der Waals surface area contributed by atoms with Crippen LogP contribution in [0.2, 0.25) is 0 Å². The van der Waals surface area contributed by atoms with Gasteiger partial charge in [0.15, 0.2) is 0 Å². The summed E-state index contributed by atoms with van der Waals surface area (Å²) in [7, 11) is 0. The molecule has 0 aliphatic carbocycles. The van der Waals surface area contributed by atoms with E-state index in [2.05, 4.69) is 16.9 Å². The van der Waals surface area contributed by atoms with Crippen LogP contribution in [0.1, 0.15) is 20.3 Å². The lowest BCUT2D eigenvalue weighted by Crippen LogP contribution is -2.19. The van der Waals surface area contributed by atoms with E-state index in [0.29, 0.717) is 5.25 Å². The van der Waals surface area contributed by atoms with Gasteiger partial charge in [0, 0.05) is 17.5 Å². The topological polar surface area (TPSA) is 51.8 Å². The molecule has 0 aliphatic rings. The Hall–Kier alpha value is -0.610. The Morgan fingerprint density at radius 2 is 2.31 bits per heavy atom. The Morgan fingerprint density at radius 3 is 2.85 bits per heavy atom. The van der Waals surface area contributed by atoms with Gasteiger partial charge in [0.2, 0.25) is 0 Å². The van der Waals surface area contributed by atoms with E-state index in [9.17, 15) is 0 Å². The van der Waals surface area contributed by atoms with Crippen molar-refractivity contribution < 1.29 is 0 Å². The quantitative estimate of drug-likeness (QED) is 0.589. The number of nitrogens with two attached hydrogens (primary N) is 1. The first kappa shape index (κ1) is 10.5. The molecule has 1 rings (SSSR count). The summed E-state index contributed by atoms with van der Waals surface area (Å²) in [5.41, 5.74) is 5.70. The molecule has 1 aromatic heterocycles. The highest BCUT2D eigenvalue weighted by molar-refractivity contribution is 7.99. The van der Waals surface area contributed by atoms with Crippen molar-refractivity contribution in [3.8, 4) is 0 Å². The molecule has 0 aliphatic heterocycles. The average Bonchev–Trinajstić information content (AvgIpc) is 2.04. The van der Waals surface area contributed by atoms with Gasteiger partial charge in [-0.2, -0.15) is 0 Å². The summed E-state index contributed by atoms with van der Waals surface area (Å²) in [6, 6.07) is 2.17. The molecule has 0 spiro atoms. The van der Waals surface area contributed by atoms with Gasteiger partial charge in [0.1, 0.15) is 6.33 Å². The number of thioether (sulfide) groups is 1. The highest BCUT2D eigenvalue weighted by atomic mass is 32.2. The van der Waals surface area contributed by atoms with Gasteiger partial charge >= 0.3 is 0 Å². The molecule has 1 aromatic rings. The van der Waals surface area contributed by atoms with Crippen LogP contribution in [-0.4, -0.2) is 21.3 Å². The fourth-order valence-corrected chi connectivity index (χ4v) is 2.19. The largest absolute Gasteiger partial charge is 0.328 e. The lowest BCUT2D eigenvalue weighted by atomic mass is 10.2. The normalized spacial score (nSPS) is 15.3. The van der Waals surface area contributed by atoms with Crippen molar-refractivity contribution in [2.45, 2.75) is 36.6 Å². The van der Waals surface area contributed by atoms with Gasteiger partial charge in [-0.25, -0.2) is 9.97 Å². The fourth-order valence-electron chi connectivity index (χ4n) is 1.13. The van der Waals surface area contributed by atoms with E-state index in [1.54, 1.807) is 24.3 Å². The second-order valence-electron chi connectivity index (χ2n) is 3.19. The number of rotatable bonds is 4. The van der Waals surface area contributed by atoms with Crippen molar-refractivity contribution in [2.24, 2.45) is 5.73 Å². The van der Waals surface area contributed by atoms with Crippen molar-refractivity contribution in [1.29, 1.82) is 0 Å². The van der Waals surface area contributed by atoms with E-state index >= 15 is 0 Å². The lowest BCUT2D eigenvalue weighted by Gasteiger charge is -2.12. The van der Waals surface area contributed by atoms with Crippen LogP contribution in [-0.2, 0) is 0 Å². The first-order valence-electron chi connectivity index (χ1n) is 4.36. The summed E-state index contributed by atoms with van der Waals surface area (Å²) in [5.74, 6) is 0. The SMILES string of the molecule is CC(N)CC(C)Sc1ccncn1. The van der Waals surface area contributed by atoms with Crippen LogP contribution in [0.15, 0.2) is 23.6 Å². The highest BCUT2D eigenvalue weighted by Gasteiger charge is 2.07. The number of aromatic nitrogens is 2. The molecule has 0 radical (unpaired) electrons. The molecule has 1 heterocycles. The van der Waals surface area contributed by atoms with Gasteiger partial charge < -0.3 is 5.73 Å². The van der Waals surface area contributed by atoms with Crippen LogP contribution in [0.3, 0.4) is 0 Å². The van der Waals surface area contributed by atoms with Crippen LogP contribution in [0, 0.1) is 0 Å². The van der Waals surface area contributed by atoms with Gasteiger partial charge in [0.25, 0.3) is 0 Å². The summed E-state index contributed by atoms with van der Waals surface area (Å²) < 4.78 is 0. The minimum Gasteiger partial charge on any atom is -0.328 e. The average molecular weight is 197 g/mol. The molecule has 2 unspecified atom stereocenters. The molecular weight excluding hydrogens is 182 g/mol. The van der Waals surface area contributed by atoms with Gasteiger partial charge in [0.05, 0.1) is 5.03 Å². The maximum absolute atomic E-state index is 5.70. The lowest BCUT2D eigenvalue weighted by molar-refractivity contribution is 0.662. The van der Waals surface area contributed by atoms with Crippen molar-refractivity contribution in [2.75, 3.05) is 0 Å². The predicted octanol–water partition coefficient (Wildman–Crippen LogP) is 1.69. The van der Waals surface area contributed by atoms with E-state index in [-0.39, 0.29) is 6.04 Å². The standard InChI is InChI=1S/C9H15N3S/c1-7(10)5-8(2)13-9-3-4-11-6-12-9/h3-4,6-8H,5,10H2,1-2H3. The zero-order valence-electron chi connectivity index (χ0n) is 7.97. The van der Waals surface area contributed by atoms with Crippen LogP contribution in [0.4, 0.5) is 0 Å². The molecule has 72 valence electrons. The molecule has 0 fully saturated rings. The zero-order valence-corrected chi connectivity index (χ0v) is 8.79. The van der Waals surface area contributed by atoms with Crippen LogP contribution in [0.5, 0.6) is 0 Å². The molecular formula is C9H15N3S. The van der Waals surface area contributed by atoms with Gasteiger partial charge in [-0.05, 0) is 19.4 Å². The maximum Gasteiger partial charge on any atom is 0.116 e. The Morgan fingerprint density at radius 1 is 1.54 bits per heavy atom. The summed E-state index contributed by atoms with van der Waals surface area (Å²) in [5, 5.41) is 1.53. The van der Waals surface area contributed by atoms with Crippen LogP contribution >= 0.6 is 11.8 Å². The number of hydrogen-bond acceptors (Lipinski definition) is 4. The summed E-state index contributed by atoms with van der Waals surface area (Å²) >= 11 is 1.74. The molecule has 2 N–H and O–H groups in total. The molecule has 2 atom stereocenters. The maximum atomic E-state index is 5.70. The first-order chi connectivity index (χ1) is 6.18. The molecule has 0 amide bonds. The fraction of sp³-hybridized carbons (Fsp3) is 0.556. The summed E-state index contributed by atoms with van der Waals surface area (Å²) in [6.45, 7) is 4.19.